The number of hydrogen-bond donors (Lipinski definition) is 0. The average molecular weight is 189 g/mol. The van der Waals surface area contributed by atoms with Crippen molar-refractivity contribution in [2.45, 2.75) is 13.5 Å². The minimum absolute atomic E-state index is 0.166. The number of carbonyl (C=O) groups is 1. The molecule has 0 saturated carbocycles. The molecule has 0 N–H and O–H groups in total. The van der Waals surface area contributed by atoms with Crippen LogP contribution in [0.5, 0.6) is 0 Å². The van der Waals surface area contributed by atoms with Crippen molar-refractivity contribution in [1.29, 1.82) is 0 Å². The zero-order valence-corrected chi connectivity index (χ0v) is 7.63. The van der Waals surface area contributed by atoms with Gasteiger partial charge in [-0.1, -0.05) is 0 Å². The largest absolute Gasteiger partial charge is 0.447 e. The number of hydrogen-bond acceptors (Lipinski definition) is 3. The average Bonchev–Trinajstić information content (AvgIpc) is 2.26. The number of carbonyl (C=O) groups excluding carboxylic acids is 1. The van der Waals surface area contributed by atoms with E-state index in [1.165, 1.54) is 0 Å². The highest BCUT2D eigenvalue weighted by atomic mass is 35.5. The van der Waals surface area contributed by atoms with E-state index in [1.54, 1.807) is 11.7 Å². The minimum Gasteiger partial charge on any atom is -0.447 e. The summed E-state index contributed by atoms with van der Waals surface area (Å²) in [4.78, 5) is 10.2. The maximum atomic E-state index is 10.2. The van der Waals surface area contributed by atoms with Crippen LogP contribution < -0.4 is 0 Å². The second-order valence-corrected chi connectivity index (χ2v) is 2.74. The molecular formula is C7H9ClN2O2. The summed E-state index contributed by atoms with van der Waals surface area (Å²) >= 11 is 5.00. The number of ether oxygens (including phenoxy) is 1. The highest BCUT2D eigenvalue weighted by molar-refractivity contribution is 6.61. The van der Waals surface area contributed by atoms with Crippen LogP contribution in [0.2, 0.25) is 0 Å². The molecule has 0 aromatic carbocycles. The van der Waals surface area contributed by atoms with Crippen molar-refractivity contribution in [3.05, 3.63) is 17.5 Å². The summed E-state index contributed by atoms with van der Waals surface area (Å²) in [7, 11) is 1.78. The van der Waals surface area contributed by atoms with Crippen LogP contribution in [0.1, 0.15) is 11.4 Å². The molecule has 5 heteroatoms. The van der Waals surface area contributed by atoms with Gasteiger partial charge in [-0.05, 0) is 13.0 Å². The Morgan fingerprint density at radius 2 is 2.50 bits per heavy atom. The van der Waals surface area contributed by atoms with Crippen molar-refractivity contribution >= 4 is 17.0 Å². The van der Waals surface area contributed by atoms with Crippen LogP contribution in [0, 0.1) is 6.92 Å². The molecule has 0 radical (unpaired) electrons. The molecule has 1 aromatic rings. The Balaban J connectivity index is 2.62. The van der Waals surface area contributed by atoms with Gasteiger partial charge in [0.15, 0.2) is 0 Å². The Kier molecular flexibility index (Phi) is 2.70. The lowest BCUT2D eigenvalue weighted by atomic mass is 10.4. The first-order valence-corrected chi connectivity index (χ1v) is 3.79. The summed E-state index contributed by atoms with van der Waals surface area (Å²) in [5.74, 6) is 0. The van der Waals surface area contributed by atoms with Crippen molar-refractivity contribution < 1.29 is 9.53 Å². The van der Waals surface area contributed by atoms with Gasteiger partial charge in [0, 0.05) is 18.6 Å². The fourth-order valence-corrected chi connectivity index (χ4v) is 0.985. The van der Waals surface area contributed by atoms with Crippen LogP contribution in [0.15, 0.2) is 6.07 Å². The first-order chi connectivity index (χ1) is 5.59. The molecule has 12 heavy (non-hydrogen) atoms. The predicted molar refractivity (Wildman–Crippen MR) is 44.0 cm³/mol. The molecule has 1 aromatic heterocycles. The van der Waals surface area contributed by atoms with E-state index >= 15 is 0 Å². The highest BCUT2D eigenvalue weighted by Gasteiger charge is 2.03. The van der Waals surface area contributed by atoms with Crippen molar-refractivity contribution in [3.63, 3.8) is 0 Å². The third-order valence-corrected chi connectivity index (χ3v) is 1.54. The molecule has 0 bridgehead atoms. The Labute approximate surface area is 75.1 Å². The van der Waals surface area contributed by atoms with Gasteiger partial charge in [-0.15, -0.1) is 0 Å². The van der Waals surface area contributed by atoms with Crippen molar-refractivity contribution in [2.75, 3.05) is 0 Å². The predicted octanol–water partition coefficient (Wildman–Crippen LogP) is 1.60. The van der Waals surface area contributed by atoms with Crippen molar-refractivity contribution in [1.82, 2.24) is 9.78 Å². The van der Waals surface area contributed by atoms with E-state index in [0.717, 1.165) is 11.4 Å². The van der Waals surface area contributed by atoms with E-state index in [-0.39, 0.29) is 6.61 Å². The maximum absolute atomic E-state index is 10.2. The maximum Gasteiger partial charge on any atom is 0.404 e. The Morgan fingerprint density at radius 3 is 2.92 bits per heavy atom. The van der Waals surface area contributed by atoms with Crippen LogP contribution in [0.4, 0.5) is 4.79 Å². The van der Waals surface area contributed by atoms with E-state index in [0.29, 0.717) is 0 Å². The summed E-state index contributed by atoms with van der Waals surface area (Å²) in [5, 5.41) is 4.07. The molecule has 1 heterocycles. The number of aromatic nitrogens is 2. The Hall–Kier alpha value is -1.03. The van der Waals surface area contributed by atoms with Gasteiger partial charge in [-0.2, -0.15) is 5.10 Å². The van der Waals surface area contributed by atoms with Gasteiger partial charge in [0.25, 0.3) is 0 Å². The molecule has 0 spiro atoms. The summed E-state index contributed by atoms with van der Waals surface area (Å²) in [5.41, 5.74) is 0.911. The molecule has 0 unspecified atom stereocenters. The van der Waals surface area contributed by atoms with Crippen molar-refractivity contribution in [3.8, 4) is 0 Å². The van der Waals surface area contributed by atoms with E-state index in [1.807, 2.05) is 13.0 Å². The van der Waals surface area contributed by atoms with Gasteiger partial charge in [0.05, 0.1) is 11.4 Å². The van der Waals surface area contributed by atoms with Crippen LogP contribution in [-0.4, -0.2) is 15.2 Å². The second kappa shape index (κ2) is 3.58. The zero-order chi connectivity index (χ0) is 9.14. The molecule has 0 fully saturated rings. The fourth-order valence-electron chi connectivity index (χ4n) is 0.930. The topological polar surface area (TPSA) is 44.1 Å². The lowest BCUT2D eigenvalue weighted by molar-refractivity contribution is 0.164. The second-order valence-electron chi connectivity index (χ2n) is 2.43. The third-order valence-electron chi connectivity index (χ3n) is 1.43. The fraction of sp³-hybridized carbons (Fsp3) is 0.429. The molecular weight excluding hydrogens is 180 g/mol. The summed E-state index contributed by atoms with van der Waals surface area (Å²) in [6.45, 7) is 2.03. The molecule has 0 aliphatic heterocycles. The van der Waals surface area contributed by atoms with E-state index in [9.17, 15) is 4.79 Å². The quantitative estimate of drug-likeness (QED) is 0.663. The number of halogens is 1. The van der Waals surface area contributed by atoms with E-state index in [2.05, 4.69) is 9.84 Å². The molecule has 0 aliphatic carbocycles. The number of nitrogens with zero attached hydrogens (tertiary/aromatic N) is 2. The monoisotopic (exact) mass is 188 g/mol. The Morgan fingerprint density at radius 1 is 1.83 bits per heavy atom. The standard InChI is InChI=1S/C7H9ClN2O2/c1-5-3-6(10(2)9-5)4-12-7(8)11/h3H,4H2,1-2H3. The number of aryl methyl sites for hydroxylation is 2. The van der Waals surface area contributed by atoms with Gasteiger partial charge in [0.1, 0.15) is 6.61 Å². The van der Waals surface area contributed by atoms with Crippen molar-refractivity contribution in [2.24, 2.45) is 7.05 Å². The SMILES string of the molecule is Cc1cc(COC(=O)Cl)n(C)n1. The van der Waals surface area contributed by atoms with Crippen LogP contribution in [-0.2, 0) is 18.4 Å². The normalized spacial score (nSPS) is 9.92. The molecule has 0 saturated heterocycles. The third kappa shape index (κ3) is 2.23. The van der Waals surface area contributed by atoms with Gasteiger partial charge >= 0.3 is 5.43 Å². The summed E-state index contributed by atoms with van der Waals surface area (Å²) in [6.07, 6.45) is 0. The van der Waals surface area contributed by atoms with Gasteiger partial charge < -0.3 is 4.74 Å². The van der Waals surface area contributed by atoms with Gasteiger partial charge in [-0.3, -0.25) is 4.68 Å². The van der Waals surface area contributed by atoms with Crippen LogP contribution >= 0.6 is 11.6 Å². The molecule has 66 valence electrons. The first-order valence-electron chi connectivity index (χ1n) is 3.41. The highest BCUT2D eigenvalue weighted by Crippen LogP contribution is 2.04. The number of rotatable bonds is 2. The Bertz CT molecular complexity index is 296. The van der Waals surface area contributed by atoms with Crippen LogP contribution in [0.3, 0.4) is 0 Å². The molecule has 0 atom stereocenters. The molecule has 0 aliphatic rings. The molecule has 4 nitrogen and oxygen atoms in total. The van der Waals surface area contributed by atoms with Gasteiger partial charge in [-0.25, -0.2) is 4.79 Å². The first kappa shape index (κ1) is 9.06. The van der Waals surface area contributed by atoms with E-state index < -0.39 is 5.43 Å². The minimum atomic E-state index is -0.797. The molecule has 1 rings (SSSR count). The lowest BCUT2D eigenvalue weighted by Gasteiger charge is -1.99. The smallest absolute Gasteiger partial charge is 0.404 e. The summed E-state index contributed by atoms with van der Waals surface area (Å²) < 4.78 is 6.24. The molecule has 0 amide bonds. The summed E-state index contributed by atoms with van der Waals surface area (Å²) in [6, 6.07) is 1.83. The van der Waals surface area contributed by atoms with E-state index in [4.69, 9.17) is 11.6 Å². The zero-order valence-electron chi connectivity index (χ0n) is 6.87. The lowest BCUT2D eigenvalue weighted by Crippen LogP contribution is -2.01. The van der Waals surface area contributed by atoms with Crippen LogP contribution in [0.25, 0.3) is 0 Å². The van der Waals surface area contributed by atoms with Gasteiger partial charge in [0.2, 0.25) is 0 Å².